The first-order valence-electron chi connectivity index (χ1n) is 8.64. The second-order valence-corrected chi connectivity index (χ2v) is 6.94. The lowest BCUT2D eigenvalue weighted by molar-refractivity contribution is -0.137. The Hall–Kier alpha value is -2.34. The maximum absolute atomic E-state index is 12.6. The molecule has 136 valence electrons. The summed E-state index contributed by atoms with van der Waals surface area (Å²) in [6, 6.07) is 11.4. The third-order valence-electron chi connectivity index (χ3n) is 4.87. The van der Waals surface area contributed by atoms with Gasteiger partial charge in [0.1, 0.15) is 5.52 Å². The molecule has 0 amide bonds. The van der Waals surface area contributed by atoms with Gasteiger partial charge >= 0.3 is 6.18 Å². The molecule has 1 aliphatic rings. The lowest BCUT2D eigenvalue weighted by Crippen LogP contribution is -2.20. The highest BCUT2D eigenvalue weighted by molar-refractivity contribution is 5.73. The van der Waals surface area contributed by atoms with Crippen LogP contribution >= 0.6 is 0 Å². The van der Waals surface area contributed by atoms with Crippen LogP contribution in [-0.2, 0) is 12.7 Å². The van der Waals surface area contributed by atoms with E-state index in [0.717, 1.165) is 59.8 Å². The predicted octanol–water partition coefficient (Wildman–Crippen LogP) is 5.14. The molecule has 0 bridgehead atoms. The molecule has 1 aromatic heterocycles. The minimum absolute atomic E-state index is 0.220. The monoisotopic (exact) mass is 360 g/mol. The first kappa shape index (κ1) is 17.1. The number of nitrogens with zero attached hydrogens (tertiary/aromatic N) is 2. The molecule has 26 heavy (non-hydrogen) atoms. The van der Waals surface area contributed by atoms with Gasteiger partial charge in [-0.25, -0.2) is 4.98 Å². The number of oxazole rings is 1. The highest BCUT2D eigenvalue weighted by Crippen LogP contribution is 2.32. The molecule has 4 rings (SSSR count). The Kier molecular flexibility index (Phi) is 4.23. The molecule has 0 aliphatic carbocycles. The summed E-state index contributed by atoms with van der Waals surface area (Å²) in [6.07, 6.45) is -3.35. The molecule has 2 heterocycles. The first-order chi connectivity index (χ1) is 12.4. The Morgan fingerprint density at radius 3 is 2.65 bits per heavy atom. The molecule has 0 radical (unpaired) electrons. The second-order valence-electron chi connectivity index (χ2n) is 6.94. The lowest BCUT2D eigenvalue weighted by Gasteiger charge is -2.16. The molecular formula is C20H19F3N2O. The van der Waals surface area contributed by atoms with Crippen molar-refractivity contribution < 1.29 is 17.6 Å². The van der Waals surface area contributed by atoms with E-state index in [4.69, 9.17) is 4.42 Å². The van der Waals surface area contributed by atoms with Crippen molar-refractivity contribution in [3.05, 3.63) is 65.0 Å². The van der Waals surface area contributed by atoms with Gasteiger partial charge in [0.15, 0.2) is 11.5 Å². The van der Waals surface area contributed by atoms with E-state index in [1.54, 1.807) is 12.1 Å². The van der Waals surface area contributed by atoms with Crippen molar-refractivity contribution >= 4 is 11.1 Å². The minimum Gasteiger partial charge on any atom is -0.440 e. The smallest absolute Gasteiger partial charge is 0.416 e. The van der Waals surface area contributed by atoms with E-state index >= 15 is 0 Å². The van der Waals surface area contributed by atoms with Crippen molar-refractivity contribution in [3.63, 3.8) is 0 Å². The van der Waals surface area contributed by atoms with Crippen LogP contribution in [0.2, 0.25) is 0 Å². The fourth-order valence-corrected chi connectivity index (χ4v) is 3.47. The number of aromatic nitrogens is 1. The van der Waals surface area contributed by atoms with Crippen molar-refractivity contribution in [3.8, 4) is 0 Å². The zero-order valence-corrected chi connectivity index (χ0v) is 14.4. The van der Waals surface area contributed by atoms with Gasteiger partial charge in [-0.15, -0.1) is 0 Å². The van der Waals surface area contributed by atoms with E-state index in [-0.39, 0.29) is 5.92 Å². The number of hydrogen-bond acceptors (Lipinski definition) is 3. The van der Waals surface area contributed by atoms with E-state index in [1.807, 2.05) is 25.1 Å². The van der Waals surface area contributed by atoms with E-state index in [0.29, 0.717) is 6.54 Å². The summed E-state index contributed by atoms with van der Waals surface area (Å²) < 4.78 is 43.8. The van der Waals surface area contributed by atoms with E-state index in [2.05, 4.69) is 9.88 Å². The number of rotatable bonds is 3. The summed E-state index contributed by atoms with van der Waals surface area (Å²) in [5.41, 5.74) is 3.09. The second kappa shape index (κ2) is 6.43. The Balaban J connectivity index is 1.43. The van der Waals surface area contributed by atoms with Gasteiger partial charge in [-0.1, -0.05) is 18.2 Å². The Labute approximate surface area is 149 Å². The van der Waals surface area contributed by atoms with Gasteiger partial charge in [-0.2, -0.15) is 13.2 Å². The first-order valence-corrected chi connectivity index (χ1v) is 8.64. The van der Waals surface area contributed by atoms with E-state index in [1.165, 1.54) is 0 Å². The molecule has 2 aromatic carbocycles. The number of alkyl halides is 3. The van der Waals surface area contributed by atoms with Gasteiger partial charge in [0.05, 0.1) is 5.56 Å². The van der Waals surface area contributed by atoms with Gasteiger partial charge in [0.25, 0.3) is 0 Å². The lowest BCUT2D eigenvalue weighted by atomic mass is 10.1. The summed E-state index contributed by atoms with van der Waals surface area (Å²) in [7, 11) is 0. The van der Waals surface area contributed by atoms with Crippen LogP contribution in [0, 0.1) is 6.92 Å². The number of likely N-dealkylation sites (tertiary alicyclic amines) is 1. The normalized spacial score (nSPS) is 18.7. The quantitative estimate of drug-likeness (QED) is 0.647. The van der Waals surface area contributed by atoms with E-state index < -0.39 is 11.7 Å². The van der Waals surface area contributed by atoms with Crippen LogP contribution < -0.4 is 0 Å². The number of hydrogen-bond donors (Lipinski definition) is 0. The predicted molar refractivity (Wildman–Crippen MR) is 92.8 cm³/mol. The molecule has 1 unspecified atom stereocenters. The van der Waals surface area contributed by atoms with Crippen LogP contribution in [0.15, 0.2) is 46.9 Å². The minimum atomic E-state index is -4.29. The molecular weight excluding hydrogens is 341 g/mol. The molecule has 0 spiro atoms. The van der Waals surface area contributed by atoms with E-state index in [9.17, 15) is 13.2 Å². The number of fused-ring (bicyclic) bond motifs is 1. The fourth-order valence-electron chi connectivity index (χ4n) is 3.47. The molecule has 1 fully saturated rings. The third-order valence-corrected chi connectivity index (χ3v) is 4.87. The Morgan fingerprint density at radius 1 is 1.15 bits per heavy atom. The van der Waals surface area contributed by atoms with Crippen molar-refractivity contribution in [1.29, 1.82) is 0 Å². The maximum atomic E-state index is 12.6. The van der Waals surface area contributed by atoms with Crippen molar-refractivity contribution in [2.45, 2.75) is 32.0 Å². The van der Waals surface area contributed by atoms with Crippen LogP contribution in [0.1, 0.15) is 34.9 Å². The average molecular weight is 360 g/mol. The Morgan fingerprint density at radius 2 is 1.92 bits per heavy atom. The zero-order valence-electron chi connectivity index (χ0n) is 14.4. The van der Waals surface area contributed by atoms with Crippen molar-refractivity contribution in [1.82, 2.24) is 9.88 Å². The summed E-state index contributed by atoms with van der Waals surface area (Å²) in [5.74, 6) is 0.970. The van der Waals surface area contributed by atoms with Crippen LogP contribution in [0.4, 0.5) is 13.2 Å². The zero-order chi connectivity index (χ0) is 18.3. The highest BCUT2D eigenvalue weighted by Gasteiger charge is 2.31. The molecule has 0 saturated carbocycles. The van der Waals surface area contributed by atoms with Crippen molar-refractivity contribution in [2.75, 3.05) is 13.1 Å². The average Bonchev–Trinajstić information content (AvgIpc) is 3.20. The van der Waals surface area contributed by atoms with Gasteiger partial charge in [0.2, 0.25) is 0 Å². The molecule has 0 N–H and O–H groups in total. The summed E-state index contributed by atoms with van der Waals surface area (Å²) in [4.78, 5) is 6.85. The number of aryl methyl sites for hydroxylation is 1. The summed E-state index contributed by atoms with van der Waals surface area (Å²) in [6.45, 7) is 4.33. The van der Waals surface area contributed by atoms with Crippen LogP contribution in [0.25, 0.3) is 11.1 Å². The number of halogens is 3. The summed E-state index contributed by atoms with van der Waals surface area (Å²) in [5, 5.41) is 0. The largest absolute Gasteiger partial charge is 0.440 e. The Bertz CT molecular complexity index is 915. The van der Waals surface area contributed by atoms with Gasteiger partial charge in [-0.3, -0.25) is 4.90 Å². The molecule has 6 heteroatoms. The molecule has 1 atom stereocenters. The van der Waals surface area contributed by atoms with Crippen LogP contribution in [0.5, 0.6) is 0 Å². The van der Waals surface area contributed by atoms with Crippen LogP contribution in [0.3, 0.4) is 0 Å². The summed E-state index contributed by atoms with van der Waals surface area (Å²) >= 11 is 0. The standard InChI is InChI=1S/C20H19F3N2O/c1-13-2-7-18-17(10-13)24-19(26-18)15-8-9-25(12-15)11-14-3-5-16(6-4-14)20(21,22)23/h2-7,10,15H,8-9,11-12H2,1H3. The SMILES string of the molecule is Cc1ccc2oc(C3CCN(Cc4ccc(C(F)(F)F)cc4)C3)nc2c1. The number of benzene rings is 2. The van der Waals surface area contributed by atoms with Gasteiger partial charge in [0, 0.05) is 19.0 Å². The molecule has 1 aliphatic heterocycles. The highest BCUT2D eigenvalue weighted by atomic mass is 19.4. The fraction of sp³-hybridized carbons (Fsp3) is 0.350. The molecule has 1 saturated heterocycles. The third kappa shape index (κ3) is 3.46. The molecule has 3 aromatic rings. The topological polar surface area (TPSA) is 29.3 Å². The van der Waals surface area contributed by atoms with Crippen LogP contribution in [-0.4, -0.2) is 23.0 Å². The maximum Gasteiger partial charge on any atom is 0.416 e. The van der Waals surface area contributed by atoms with Gasteiger partial charge < -0.3 is 4.42 Å². The molecule has 3 nitrogen and oxygen atoms in total. The van der Waals surface area contributed by atoms with Gasteiger partial charge in [-0.05, 0) is 55.3 Å². The van der Waals surface area contributed by atoms with Crippen molar-refractivity contribution in [2.24, 2.45) is 0 Å².